The zero-order chi connectivity index (χ0) is 14.7. The van der Waals surface area contributed by atoms with Gasteiger partial charge in [0.1, 0.15) is 6.17 Å². The van der Waals surface area contributed by atoms with Crippen molar-refractivity contribution in [2.75, 3.05) is 6.54 Å². The Morgan fingerprint density at radius 3 is 2.50 bits per heavy atom. The largest absolute Gasteiger partial charge is 0.320 e. The van der Waals surface area contributed by atoms with Crippen LogP contribution in [-0.4, -0.2) is 23.4 Å². The minimum atomic E-state index is -0.0169. The average molecular weight is 294 g/mol. The van der Waals surface area contributed by atoms with Crippen LogP contribution in [0.2, 0.25) is 0 Å². The minimum Gasteiger partial charge on any atom is -0.320 e. The highest BCUT2D eigenvalue weighted by molar-refractivity contribution is 7.12. The molecule has 2 unspecified atom stereocenters. The van der Waals surface area contributed by atoms with Crippen LogP contribution in [0.15, 0.2) is 12.1 Å². The topological polar surface area (TPSA) is 32.3 Å². The number of amides is 1. The number of aryl methyl sites for hydroxylation is 1. The molecule has 1 N–H and O–H groups in total. The number of hydrogen-bond donors (Lipinski definition) is 1. The third-order valence-electron chi connectivity index (χ3n) is 4.30. The maximum atomic E-state index is 12.6. The van der Waals surface area contributed by atoms with E-state index in [1.165, 1.54) is 9.75 Å². The number of carbonyl (C=O) groups is 1. The lowest BCUT2D eigenvalue weighted by Gasteiger charge is -2.27. The molecular formula is C16H26N2OS. The Morgan fingerprint density at radius 1 is 1.30 bits per heavy atom. The van der Waals surface area contributed by atoms with E-state index in [0.29, 0.717) is 5.92 Å². The lowest BCUT2D eigenvalue weighted by Crippen LogP contribution is -2.34. The highest BCUT2D eigenvalue weighted by Gasteiger charge is 2.39. The minimum absolute atomic E-state index is 0.0169. The van der Waals surface area contributed by atoms with Crippen LogP contribution < -0.4 is 5.32 Å². The monoisotopic (exact) mass is 294 g/mol. The molecule has 4 heteroatoms. The third-order valence-corrected chi connectivity index (χ3v) is 5.35. The van der Waals surface area contributed by atoms with Crippen molar-refractivity contribution in [1.29, 1.82) is 0 Å². The van der Waals surface area contributed by atoms with Crippen LogP contribution in [0.4, 0.5) is 0 Å². The van der Waals surface area contributed by atoms with E-state index in [1.807, 2.05) is 0 Å². The van der Waals surface area contributed by atoms with E-state index in [-0.39, 0.29) is 18.1 Å². The van der Waals surface area contributed by atoms with Gasteiger partial charge in [-0.25, -0.2) is 0 Å². The molecule has 0 aromatic carbocycles. The van der Waals surface area contributed by atoms with E-state index in [4.69, 9.17) is 0 Å². The van der Waals surface area contributed by atoms with Gasteiger partial charge in [0.05, 0.1) is 6.04 Å². The second-order valence-corrected chi connectivity index (χ2v) is 6.97. The van der Waals surface area contributed by atoms with Gasteiger partial charge in [-0.3, -0.25) is 10.1 Å². The summed E-state index contributed by atoms with van der Waals surface area (Å²) in [5, 5.41) is 3.51. The van der Waals surface area contributed by atoms with Crippen LogP contribution in [0.25, 0.3) is 0 Å². The van der Waals surface area contributed by atoms with E-state index in [9.17, 15) is 4.79 Å². The first kappa shape index (κ1) is 15.5. The van der Waals surface area contributed by atoms with Gasteiger partial charge in [-0.1, -0.05) is 33.6 Å². The summed E-state index contributed by atoms with van der Waals surface area (Å²) in [6.45, 7) is 9.49. The van der Waals surface area contributed by atoms with Crippen LogP contribution in [-0.2, 0) is 4.79 Å². The van der Waals surface area contributed by atoms with Crippen LogP contribution in [0.1, 0.15) is 56.0 Å². The van der Waals surface area contributed by atoms with Crippen LogP contribution in [0.5, 0.6) is 0 Å². The standard InChI is InChI=1S/C16H26N2OS/c1-5-12(6-2)10-18-15(14-9-8-11(4)20-14)17-13(7-3)16(18)19/h8-9,12-13,15,17H,5-7,10H2,1-4H3. The van der Waals surface area contributed by atoms with E-state index >= 15 is 0 Å². The number of thiophene rings is 1. The smallest absolute Gasteiger partial charge is 0.241 e. The number of nitrogens with one attached hydrogen (secondary N) is 1. The first-order valence-corrected chi connectivity index (χ1v) is 8.55. The highest BCUT2D eigenvalue weighted by Crippen LogP contribution is 2.32. The summed E-state index contributed by atoms with van der Waals surface area (Å²) in [5.74, 6) is 0.871. The molecule has 2 heterocycles. The van der Waals surface area contributed by atoms with Crippen molar-refractivity contribution >= 4 is 17.2 Å². The van der Waals surface area contributed by atoms with E-state index in [1.54, 1.807) is 11.3 Å². The first-order valence-electron chi connectivity index (χ1n) is 7.73. The fraction of sp³-hybridized carbons (Fsp3) is 0.688. The van der Waals surface area contributed by atoms with Gasteiger partial charge in [0.25, 0.3) is 0 Å². The Kier molecular flexibility index (Phi) is 5.22. The molecule has 3 nitrogen and oxygen atoms in total. The lowest BCUT2D eigenvalue weighted by atomic mass is 10.0. The second kappa shape index (κ2) is 6.72. The van der Waals surface area contributed by atoms with E-state index in [2.05, 4.69) is 50.0 Å². The fourth-order valence-electron chi connectivity index (χ4n) is 2.83. The molecular weight excluding hydrogens is 268 g/mol. The van der Waals surface area contributed by atoms with Gasteiger partial charge >= 0.3 is 0 Å². The Balaban J connectivity index is 2.21. The van der Waals surface area contributed by atoms with Crippen molar-refractivity contribution in [3.8, 4) is 0 Å². The summed E-state index contributed by atoms with van der Waals surface area (Å²) in [7, 11) is 0. The molecule has 1 amide bonds. The van der Waals surface area contributed by atoms with Gasteiger partial charge < -0.3 is 4.90 Å². The van der Waals surface area contributed by atoms with Crippen molar-refractivity contribution in [2.45, 2.75) is 59.2 Å². The Hall–Kier alpha value is -0.870. The normalized spacial score (nSPS) is 23.1. The molecule has 1 aliphatic heterocycles. The quantitative estimate of drug-likeness (QED) is 0.867. The number of rotatable bonds is 6. The molecule has 1 saturated heterocycles. The summed E-state index contributed by atoms with van der Waals surface area (Å²) in [6.07, 6.45) is 3.20. The molecule has 1 fully saturated rings. The molecule has 0 saturated carbocycles. The van der Waals surface area contributed by atoms with Crippen molar-refractivity contribution in [3.05, 3.63) is 21.9 Å². The SMILES string of the molecule is CCC(CC)CN1C(=O)C(CC)NC1c1ccc(C)s1. The van der Waals surface area contributed by atoms with Crippen LogP contribution >= 0.6 is 11.3 Å². The van der Waals surface area contributed by atoms with Crippen LogP contribution in [0, 0.1) is 12.8 Å². The second-order valence-electron chi connectivity index (χ2n) is 5.65. The summed E-state index contributed by atoms with van der Waals surface area (Å²) < 4.78 is 0. The maximum absolute atomic E-state index is 12.6. The number of nitrogens with zero attached hydrogens (tertiary/aromatic N) is 1. The first-order chi connectivity index (χ1) is 9.60. The zero-order valence-electron chi connectivity index (χ0n) is 13.0. The zero-order valence-corrected chi connectivity index (χ0v) is 13.8. The molecule has 1 aromatic rings. The predicted octanol–water partition coefficient (Wildman–Crippen LogP) is 3.70. The van der Waals surface area contributed by atoms with Gasteiger partial charge in [-0.05, 0) is 31.4 Å². The van der Waals surface area contributed by atoms with E-state index in [0.717, 1.165) is 25.8 Å². The highest BCUT2D eigenvalue weighted by atomic mass is 32.1. The third kappa shape index (κ3) is 3.07. The molecule has 0 aliphatic carbocycles. The lowest BCUT2D eigenvalue weighted by molar-refractivity contribution is -0.130. The molecule has 112 valence electrons. The van der Waals surface area contributed by atoms with Gasteiger partial charge in [0, 0.05) is 16.3 Å². The van der Waals surface area contributed by atoms with Crippen LogP contribution in [0.3, 0.4) is 0 Å². The maximum Gasteiger partial charge on any atom is 0.241 e. The molecule has 20 heavy (non-hydrogen) atoms. The summed E-state index contributed by atoms with van der Waals surface area (Å²) >= 11 is 1.79. The Labute approximate surface area is 126 Å². The molecule has 0 radical (unpaired) electrons. The van der Waals surface area contributed by atoms with Crippen molar-refractivity contribution in [1.82, 2.24) is 10.2 Å². The molecule has 0 bridgehead atoms. The molecule has 2 atom stereocenters. The Morgan fingerprint density at radius 2 is 2.00 bits per heavy atom. The Bertz CT molecular complexity index is 453. The number of hydrogen-bond acceptors (Lipinski definition) is 3. The summed E-state index contributed by atoms with van der Waals surface area (Å²) in [4.78, 5) is 17.2. The summed E-state index contributed by atoms with van der Waals surface area (Å²) in [6, 6.07) is 4.28. The van der Waals surface area contributed by atoms with Gasteiger partial charge in [0.15, 0.2) is 0 Å². The molecule has 0 spiro atoms. The predicted molar refractivity (Wildman–Crippen MR) is 84.8 cm³/mol. The molecule has 2 rings (SSSR count). The molecule has 1 aliphatic rings. The average Bonchev–Trinajstić information content (AvgIpc) is 3.00. The van der Waals surface area contributed by atoms with Crippen molar-refractivity contribution in [2.24, 2.45) is 5.92 Å². The fourth-order valence-corrected chi connectivity index (χ4v) is 3.78. The number of carbonyl (C=O) groups excluding carboxylic acids is 1. The van der Waals surface area contributed by atoms with Gasteiger partial charge in [-0.2, -0.15) is 0 Å². The van der Waals surface area contributed by atoms with E-state index < -0.39 is 0 Å². The molecule has 1 aromatic heterocycles. The van der Waals surface area contributed by atoms with Crippen molar-refractivity contribution < 1.29 is 4.79 Å². The summed E-state index contributed by atoms with van der Waals surface area (Å²) in [5.41, 5.74) is 0. The van der Waals surface area contributed by atoms with Crippen molar-refractivity contribution in [3.63, 3.8) is 0 Å². The van der Waals surface area contributed by atoms with Gasteiger partial charge in [0.2, 0.25) is 5.91 Å². The van der Waals surface area contributed by atoms with Gasteiger partial charge in [-0.15, -0.1) is 11.3 Å².